The molecule has 12 nitrogen and oxygen atoms in total. The Morgan fingerprint density at radius 1 is 1.26 bits per heavy atom. The zero-order valence-corrected chi connectivity index (χ0v) is 17.0. The number of allylic oxidation sites excluding steroid dienone is 1. The third-order valence-corrected chi connectivity index (χ3v) is 5.02. The molecule has 0 spiro atoms. The number of urea groups is 1. The highest BCUT2D eigenvalue weighted by molar-refractivity contribution is 5.95. The van der Waals surface area contributed by atoms with Gasteiger partial charge in [-0.3, -0.25) is 13.9 Å². The summed E-state index contributed by atoms with van der Waals surface area (Å²) in [4.78, 5) is 54.2. The van der Waals surface area contributed by atoms with Crippen molar-refractivity contribution < 1.29 is 18.7 Å². The van der Waals surface area contributed by atoms with E-state index in [1.807, 2.05) is 0 Å². The molecule has 2 N–H and O–H groups in total. The molecule has 3 aromatic rings. The van der Waals surface area contributed by atoms with Crippen LogP contribution in [0.2, 0.25) is 0 Å². The maximum Gasteiger partial charge on any atom is 0.338 e. The number of furan rings is 1. The molecule has 0 aromatic carbocycles. The first-order valence-electron chi connectivity index (χ1n) is 9.45. The predicted octanol–water partition coefficient (Wildman–Crippen LogP) is -0.102. The van der Waals surface area contributed by atoms with E-state index in [0.717, 1.165) is 4.57 Å². The number of hydrogen-bond donors (Lipinski definition) is 2. The smallest absolute Gasteiger partial charge is 0.338 e. The lowest BCUT2D eigenvalue weighted by Crippen LogP contribution is -2.47. The molecule has 0 saturated heterocycles. The van der Waals surface area contributed by atoms with E-state index in [1.165, 1.54) is 35.8 Å². The number of carbonyl (C=O) groups is 2. The summed E-state index contributed by atoms with van der Waals surface area (Å²) >= 11 is 0. The van der Waals surface area contributed by atoms with Crippen LogP contribution in [0.25, 0.3) is 11.2 Å². The SMILES string of the molecule is CCOC(=O)C1=C(Cn2cnc3c2c(=O)n(C)c(=O)n3C)NC(=O)N[C@@H]1c1ccco1. The first-order valence-corrected chi connectivity index (χ1v) is 9.45. The molecule has 0 fully saturated rings. The van der Waals surface area contributed by atoms with Crippen molar-refractivity contribution in [2.24, 2.45) is 14.1 Å². The van der Waals surface area contributed by atoms with Crippen LogP contribution in [0.5, 0.6) is 0 Å². The second-order valence-electron chi connectivity index (χ2n) is 6.91. The molecule has 0 aliphatic carbocycles. The van der Waals surface area contributed by atoms with Gasteiger partial charge in [-0.1, -0.05) is 0 Å². The minimum absolute atomic E-state index is 0.0667. The molecule has 12 heteroatoms. The summed E-state index contributed by atoms with van der Waals surface area (Å²) in [6.45, 7) is 1.73. The number of rotatable bonds is 5. The van der Waals surface area contributed by atoms with Crippen LogP contribution in [0.4, 0.5) is 4.79 Å². The first kappa shape index (κ1) is 20.2. The standard InChI is InChI=1S/C19H20N6O6/c1-4-30-17(27)12-10(21-18(28)22-13(12)11-6-5-7-31-11)8-25-9-20-15-14(25)16(26)24(3)19(29)23(15)2/h5-7,9,13H,4,8H2,1-3H3,(H2,21,22,28)/t13-/m1/s1. The van der Waals surface area contributed by atoms with E-state index >= 15 is 0 Å². The van der Waals surface area contributed by atoms with Crippen LogP contribution in [0.15, 0.2) is 50.0 Å². The van der Waals surface area contributed by atoms with Crippen molar-refractivity contribution in [1.82, 2.24) is 29.3 Å². The molecular formula is C19H20N6O6. The average molecular weight is 428 g/mol. The second kappa shape index (κ2) is 7.63. The Labute approximate surface area is 174 Å². The summed E-state index contributed by atoms with van der Waals surface area (Å²) in [7, 11) is 2.87. The summed E-state index contributed by atoms with van der Waals surface area (Å²) in [5, 5.41) is 5.28. The number of fused-ring (bicyclic) bond motifs is 1. The van der Waals surface area contributed by atoms with Crippen LogP contribution in [0.3, 0.4) is 0 Å². The van der Waals surface area contributed by atoms with Gasteiger partial charge in [-0.05, 0) is 19.1 Å². The Morgan fingerprint density at radius 3 is 2.71 bits per heavy atom. The number of nitrogens with one attached hydrogen (secondary N) is 2. The molecule has 0 bridgehead atoms. The molecule has 31 heavy (non-hydrogen) atoms. The summed E-state index contributed by atoms with van der Waals surface area (Å²) in [6.07, 6.45) is 2.80. The molecule has 2 amide bonds. The summed E-state index contributed by atoms with van der Waals surface area (Å²) in [5.74, 6) is -0.291. The van der Waals surface area contributed by atoms with E-state index in [2.05, 4.69) is 15.6 Å². The number of imidazole rings is 1. The van der Waals surface area contributed by atoms with Crippen LogP contribution in [-0.2, 0) is 30.2 Å². The van der Waals surface area contributed by atoms with Crippen molar-refractivity contribution in [3.63, 3.8) is 0 Å². The predicted molar refractivity (Wildman–Crippen MR) is 107 cm³/mol. The highest BCUT2D eigenvalue weighted by Gasteiger charge is 2.35. The number of nitrogens with zero attached hydrogens (tertiary/aromatic N) is 4. The number of ether oxygens (including phenoxy) is 1. The molecule has 0 unspecified atom stereocenters. The van der Waals surface area contributed by atoms with Crippen molar-refractivity contribution >= 4 is 23.2 Å². The van der Waals surface area contributed by atoms with Crippen molar-refractivity contribution in [1.29, 1.82) is 0 Å². The Kier molecular flexibility index (Phi) is 4.97. The highest BCUT2D eigenvalue weighted by Crippen LogP contribution is 2.29. The summed E-state index contributed by atoms with van der Waals surface area (Å²) in [6, 6.07) is 1.85. The number of hydrogen-bond acceptors (Lipinski definition) is 7. The third kappa shape index (κ3) is 3.31. The van der Waals surface area contributed by atoms with Gasteiger partial charge in [-0.25, -0.2) is 19.4 Å². The number of aryl methyl sites for hydroxylation is 1. The van der Waals surface area contributed by atoms with Crippen LogP contribution in [0.1, 0.15) is 18.7 Å². The van der Waals surface area contributed by atoms with Gasteiger partial charge in [0.05, 0.1) is 37.0 Å². The minimum atomic E-state index is -0.875. The lowest BCUT2D eigenvalue weighted by atomic mass is 10.00. The van der Waals surface area contributed by atoms with Gasteiger partial charge in [-0.15, -0.1) is 0 Å². The van der Waals surface area contributed by atoms with Crippen molar-refractivity contribution in [2.45, 2.75) is 19.5 Å². The van der Waals surface area contributed by atoms with E-state index in [9.17, 15) is 19.2 Å². The lowest BCUT2D eigenvalue weighted by Gasteiger charge is -2.28. The Hall–Kier alpha value is -4.09. The van der Waals surface area contributed by atoms with E-state index in [-0.39, 0.29) is 35.6 Å². The van der Waals surface area contributed by atoms with Crippen molar-refractivity contribution in [3.8, 4) is 0 Å². The monoisotopic (exact) mass is 428 g/mol. The zero-order valence-electron chi connectivity index (χ0n) is 17.0. The van der Waals surface area contributed by atoms with Crippen LogP contribution >= 0.6 is 0 Å². The molecular weight excluding hydrogens is 408 g/mol. The fourth-order valence-electron chi connectivity index (χ4n) is 3.55. The Morgan fingerprint density at radius 2 is 2.03 bits per heavy atom. The van der Waals surface area contributed by atoms with Gasteiger partial charge in [0.2, 0.25) is 0 Å². The van der Waals surface area contributed by atoms with E-state index in [4.69, 9.17) is 9.15 Å². The highest BCUT2D eigenvalue weighted by atomic mass is 16.5. The fourth-order valence-corrected chi connectivity index (χ4v) is 3.55. The van der Waals surface area contributed by atoms with Gasteiger partial charge in [0.25, 0.3) is 5.56 Å². The van der Waals surface area contributed by atoms with Crippen LogP contribution in [0, 0.1) is 0 Å². The Bertz CT molecular complexity index is 1330. The van der Waals surface area contributed by atoms with Gasteiger partial charge in [-0.2, -0.15) is 0 Å². The number of carbonyl (C=O) groups excluding carboxylic acids is 2. The molecule has 4 rings (SSSR count). The van der Waals surface area contributed by atoms with Crippen LogP contribution < -0.4 is 21.9 Å². The zero-order chi connectivity index (χ0) is 22.3. The van der Waals surface area contributed by atoms with Gasteiger partial charge in [0, 0.05) is 14.1 Å². The van der Waals surface area contributed by atoms with E-state index in [0.29, 0.717) is 5.76 Å². The summed E-state index contributed by atoms with van der Waals surface area (Å²) in [5.41, 5.74) is -0.352. The molecule has 0 saturated carbocycles. The molecule has 1 aliphatic rings. The third-order valence-electron chi connectivity index (χ3n) is 5.02. The largest absolute Gasteiger partial charge is 0.467 e. The van der Waals surface area contributed by atoms with Gasteiger partial charge in [0.1, 0.15) is 11.8 Å². The first-order chi connectivity index (χ1) is 14.8. The lowest BCUT2D eigenvalue weighted by molar-refractivity contribution is -0.139. The van der Waals surface area contributed by atoms with Crippen molar-refractivity contribution in [2.75, 3.05) is 6.61 Å². The van der Waals surface area contributed by atoms with Gasteiger partial charge >= 0.3 is 17.7 Å². The molecule has 4 heterocycles. The maximum absolute atomic E-state index is 12.8. The quantitative estimate of drug-likeness (QED) is 0.540. The van der Waals surface area contributed by atoms with Gasteiger partial charge in [0.15, 0.2) is 11.2 Å². The Balaban J connectivity index is 1.89. The fraction of sp³-hybridized carbons (Fsp3) is 0.316. The average Bonchev–Trinajstić information content (AvgIpc) is 3.41. The van der Waals surface area contributed by atoms with E-state index < -0.39 is 29.3 Å². The normalized spacial score (nSPS) is 16.4. The van der Waals surface area contributed by atoms with Crippen LogP contribution in [-0.4, -0.2) is 37.3 Å². The molecule has 1 atom stereocenters. The van der Waals surface area contributed by atoms with Gasteiger partial charge < -0.3 is 24.4 Å². The molecule has 1 aliphatic heterocycles. The number of amides is 2. The number of esters is 1. The van der Waals surface area contributed by atoms with E-state index in [1.54, 1.807) is 19.1 Å². The molecule has 3 aromatic heterocycles. The number of aromatic nitrogens is 4. The second-order valence-corrected chi connectivity index (χ2v) is 6.91. The summed E-state index contributed by atoms with van der Waals surface area (Å²) < 4.78 is 14.3. The maximum atomic E-state index is 12.8. The minimum Gasteiger partial charge on any atom is -0.467 e. The van der Waals surface area contributed by atoms with Crippen molar-refractivity contribution in [3.05, 3.63) is 62.6 Å². The molecule has 162 valence electrons. The molecule has 0 radical (unpaired) electrons. The topological polar surface area (TPSA) is 142 Å².